The Morgan fingerprint density at radius 3 is 2.70 bits per heavy atom. The average molecular weight is 263 g/mol. The molecule has 3 rings (SSSR count). The molecule has 0 bridgehead atoms. The maximum absolute atomic E-state index is 13.2. The third kappa shape index (κ3) is 2.45. The number of hydrogen-bond acceptors (Lipinski definition) is 1. The zero-order chi connectivity index (χ0) is 13.9. The molecule has 20 heavy (non-hydrogen) atoms. The van der Waals surface area contributed by atoms with Crippen LogP contribution in [0, 0.1) is 12.7 Å². The summed E-state index contributed by atoms with van der Waals surface area (Å²) in [6.07, 6.45) is 5.73. The summed E-state index contributed by atoms with van der Waals surface area (Å²) in [6.45, 7) is 1.77. The Balaban J connectivity index is 2.00. The monoisotopic (exact) mass is 263 g/mol. The lowest BCUT2D eigenvalue weighted by Gasteiger charge is -2.01. The number of rotatable bonds is 2. The van der Waals surface area contributed by atoms with Crippen LogP contribution in [-0.4, -0.2) is 4.98 Å². The highest BCUT2D eigenvalue weighted by Crippen LogP contribution is 2.19. The van der Waals surface area contributed by atoms with Gasteiger partial charge in [-0.3, -0.25) is 4.98 Å². The van der Waals surface area contributed by atoms with Crippen LogP contribution in [0.2, 0.25) is 0 Å². The Morgan fingerprint density at radius 1 is 1.00 bits per heavy atom. The molecule has 0 aliphatic heterocycles. The lowest BCUT2D eigenvalue weighted by molar-refractivity contribution is 0.618. The number of aromatic nitrogens is 1. The van der Waals surface area contributed by atoms with Crippen LogP contribution >= 0.6 is 0 Å². The highest BCUT2D eigenvalue weighted by molar-refractivity contribution is 5.91. The fourth-order valence-electron chi connectivity index (χ4n) is 2.22. The molecule has 2 aromatic carbocycles. The molecule has 3 aromatic rings. The molecule has 98 valence electrons. The smallest absolute Gasteiger partial charge is 0.126 e. The summed E-state index contributed by atoms with van der Waals surface area (Å²) >= 11 is 0. The lowest BCUT2D eigenvalue weighted by Crippen LogP contribution is -1.84. The van der Waals surface area contributed by atoms with E-state index in [1.54, 1.807) is 19.2 Å². The van der Waals surface area contributed by atoms with Gasteiger partial charge in [-0.25, -0.2) is 4.39 Å². The van der Waals surface area contributed by atoms with E-state index in [9.17, 15) is 4.39 Å². The first-order valence-electron chi connectivity index (χ1n) is 6.52. The van der Waals surface area contributed by atoms with Gasteiger partial charge in [0.15, 0.2) is 0 Å². The summed E-state index contributed by atoms with van der Waals surface area (Å²) in [6, 6.07) is 15.2. The van der Waals surface area contributed by atoms with Gasteiger partial charge in [0.05, 0.1) is 5.69 Å². The number of nitrogens with zero attached hydrogens (tertiary/aromatic N) is 1. The molecular formula is C18H14FN. The summed E-state index contributed by atoms with van der Waals surface area (Å²) in [4.78, 5) is 4.40. The van der Waals surface area contributed by atoms with Crippen LogP contribution in [0.3, 0.4) is 0 Å². The van der Waals surface area contributed by atoms with Crippen molar-refractivity contribution in [2.45, 2.75) is 6.92 Å². The highest BCUT2D eigenvalue weighted by atomic mass is 19.1. The maximum Gasteiger partial charge on any atom is 0.126 e. The second-order valence-electron chi connectivity index (χ2n) is 4.76. The number of aryl methyl sites for hydroxylation is 1. The van der Waals surface area contributed by atoms with E-state index in [0.717, 1.165) is 22.0 Å². The van der Waals surface area contributed by atoms with Crippen LogP contribution in [0.25, 0.3) is 22.9 Å². The molecule has 0 radical (unpaired) electrons. The van der Waals surface area contributed by atoms with Gasteiger partial charge in [-0.15, -0.1) is 0 Å². The van der Waals surface area contributed by atoms with Gasteiger partial charge >= 0.3 is 0 Å². The van der Waals surface area contributed by atoms with Crippen molar-refractivity contribution in [1.29, 1.82) is 0 Å². The SMILES string of the molecule is Cc1cc(C=Cc2nccc3ccccc23)ccc1F. The van der Waals surface area contributed by atoms with E-state index >= 15 is 0 Å². The third-order valence-corrected chi connectivity index (χ3v) is 3.32. The summed E-state index contributed by atoms with van der Waals surface area (Å²) in [5.41, 5.74) is 2.54. The number of hydrogen-bond donors (Lipinski definition) is 0. The van der Waals surface area contributed by atoms with Crippen LogP contribution in [0.1, 0.15) is 16.8 Å². The van der Waals surface area contributed by atoms with Crippen molar-refractivity contribution in [2.75, 3.05) is 0 Å². The van der Waals surface area contributed by atoms with Crippen molar-refractivity contribution in [3.8, 4) is 0 Å². The van der Waals surface area contributed by atoms with Gasteiger partial charge in [-0.05, 0) is 47.7 Å². The molecule has 1 nitrogen and oxygen atoms in total. The largest absolute Gasteiger partial charge is 0.256 e. The Kier molecular flexibility index (Phi) is 3.30. The predicted octanol–water partition coefficient (Wildman–Crippen LogP) is 4.85. The highest BCUT2D eigenvalue weighted by Gasteiger charge is 1.99. The molecule has 0 fully saturated rings. The van der Waals surface area contributed by atoms with E-state index in [4.69, 9.17) is 0 Å². The van der Waals surface area contributed by atoms with Crippen molar-refractivity contribution in [2.24, 2.45) is 0 Å². The van der Waals surface area contributed by atoms with Crippen LogP contribution < -0.4 is 0 Å². The first-order chi connectivity index (χ1) is 9.74. The fraction of sp³-hybridized carbons (Fsp3) is 0.0556. The maximum atomic E-state index is 13.2. The molecule has 0 N–H and O–H groups in total. The first-order valence-corrected chi connectivity index (χ1v) is 6.52. The standard InChI is InChI=1S/C18H14FN/c1-13-12-14(6-8-17(13)19)7-9-18-16-5-3-2-4-15(16)10-11-20-18/h2-12H,1H3. The Labute approximate surface area is 117 Å². The quantitative estimate of drug-likeness (QED) is 0.644. The molecule has 1 heterocycles. The van der Waals surface area contributed by atoms with Gasteiger partial charge in [0.25, 0.3) is 0 Å². The van der Waals surface area contributed by atoms with E-state index in [0.29, 0.717) is 5.56 Å². The zero-order valence-electron chi connectivity index (χ0n) is 11.2. The third-order valence-electron chi connectivity index (χ3n) is 3.32. The van der Waals surface area contributed by atoms with Gasteiger partial charge in [0.2, 0.25) is 0 Å². The van der Waals surface area contributed by atoms with Gasteiger partial charge < -0.3 is 0 Å². The van der Waals surface area contributed by atoms with Crippen molar-refractivity contribution in [3.05, 3.63) is 77.4 Å². The number of halogens is 1. The second kappa shape index (κ2) is 5.25. The lowest BCUT2D eigenvalue weighted by atomic mass is 10.1. The van der Waals surface area contributed by atoms with E-state index in [-0.39, 0.29) is 5.82 Å². The average Bonchev–Trinajstić information content (AvgIpc) is 2.48. The van der Waals surface area contributed by atoms with E-state index in [1.807, 2.05) is 36.4 Å². The van der Waals surface area contributed by atoms with E-state index in [2.05, 4.69) is 17.1 Å². The molecule has 0 aliphatic rings. The molecule has 0 amide bonds. The fourth-order valence-corrected chi connectivity index (χ4v) is 2.22. The van der Waals surface area contributed by atoms with Crippen LogP contribution in [0.15, 0.2) is 54.7 Å². The van der Waals surface area contributed by atoms with Gasteiger partial charge in [0.1, 0.15) is 5.82 Å². The molecule has 0 saturated carbocycles. The van der Waals surface area contributed by atoms with Crippen LogP contribution in [-0.2, 0) is 0 Å². The van der Waals surface area contributed by atoms with Crippen molar-refractivity contribution >= 4 is 22.9 Å². The molecule has 0 atom stereocenters. The summed E-state index contributed by atoms with van der Waals surface area (Å²) in [5, 5.41) is 2.28. The minimum atomic E-state index is -0.176. The molecule has 1 aromatic heterocycles. The minimum absolute atomic E-state index is 0.176. The normalized spacial score (nSPS) is 11.3. The summed E-state index contributed by atoms with van der Waals surface area (Å²) in [7, 11) is 0. The Hall–Kier alpha value is -2.48. The van der Waals surface area contributed by atoms with E-state index < -0.39 is 0 Å². The first kappa shape index (κ1) is 12.5. The molecule has 0 spiro atoms. The van der Waals surface area contributed by atoms with Crippen LogP contribution in [0.4, 0.5) is 4.39 Å². The molecule has 0 aliphatic carbocycles. The number of fused-ring (bicyclic) bond motifs is 1. The summed E-state index contributed by atoms with van der Waals surface area (Å²) in [5.74, 6) is -0.176. The zero-order valence-corrected chi connectivity index (χ0v) is 11.2. The Bertz CT molecular complexity index is 785. The van der Waals surface area contributed by atoms with Crippen molar-refractivity contribution in [1.82, 2.24) is 4.98 Å². The molecule has 0 saturated heterocycles. The number of benzene rings is 2. The Morgan fingerprint density at radius 2 is 1.85 bits per heavy atom. The van der Waals surface area contributed by atoms with E-state index in [1.165, 1.54) is 6.07 Å². The molecule has 0 unspecified atom stereocenters. The molecular weight excluding hydrogens is 249 g/mol. The van der Waals surface area contributed by atoms with Crippen molar-refractivity contribution < 1.29 is 4.39 Å². The second-order valence-corrected chi connectivity index (χ2v) is 4.76. The van der Waals surface area contributed by atoms with Gasteiger partial charge in [-0.2, -0.15) is 0 Å². The van der Waals surface area contributed by atoms with Crippen LogP contribution in [0.5, 0.6) is 0 Å². The number of pyridine rings is 1. The summed E-state index contributed by atoms with van der Waals surface area (Å²) < 4.78 is 13.2. The minimum Gasteiger partial charge on any atom is -0.256 e. The van der Waals surface area contributed by atoms with Gasteiger partial charge in [0, 0.05) is 11.6 Å². The topological polar surface area (TPSA) is 12.9 Å². The van der Waals surface area contributed by atoms with Gasteiger partial charge in [-0.1, -0.05) is 36.4 Å². The predicted molar refractivity (Wildman–Crippen MR) is 81.8 cm³/mol. The molecule has 2 heteroatoms. The van der Waals surface area contributed by atoms with Crippen molar-refractivity contribution in [3.63, 3.8) is 0 Å².